The standard InChI is InChI=1S/C25H25N3O2S3/c1-15-9-10-16(2)19(12-15)28-24(30)22-18-7-3-4-8-20(18)33-23(22)27-25(28)32-14-21(29)26-13-17-6-5-11-31-17/h5-6,9-12H,3-4,7-8,13-14H2,1-2H3,(H,26,29). The molecule has 33 heavy (non-hydrogen) atoms. The molecule has 1 aliphatic rings. The number of hydrogen-bond acceptors (Lipinski definition) is 6. The van der Waals surface area contributed by atoms with Gasteiger partial charge in [-0.1, -0.05) is 30.0 Å². The minimum atomic E-state index is -0.0688. The smallest absolute Gasteiger partial charge is 0.267 e. The van der Waals surface area contributed by atoms with Crippen LogP contribution < -0.4 is 10.9 Å². The lowest BCUT2D eigenvalue weighted by Crippen LogP contribution is -2.26. The average molecular weight is 496 g/mol. The van der Waals surface area contributed by atoms with E-state index in [1.54, 1.807) is 27.2 Å². The van der Waals surface area contributed by atoms with Crippen molar-refractivity contribution in [3.05, 3.63) is 72.5 Å². The SMILES string of the molecule is Cc1ccc(C)c(-n2c(SCC(=O)NCc3cccs3)nc3sc4c(c3c2=O)CCCC4)c1. The second-order valence-electron chi connectivity index (χ2n) is 8.36. The molecule has 1 amide bonds. The molecule has 3 heterocycles. The first-order chi connectivity index (χ1) is 16.0. The summed E-state index contributed by atoms with van der Waals surface area (Å²) >= 11 is 4.59. The third-order valence-corrected chi connectivity index (χ3v) is 8.94. The second kappa shape index (κ2) is 9.44. The number of carbonyl (C=O) groups is 1. The first kappa shape index (κ1) is 22.4. The summed E-state index contributed by atoms with van der Waals surface area (Å²) < 4.78 is 1.73. The zero-order valence-corrected chi connectivity index (χ0v) is 21.1. The van der Waals surface area contributed by atoms with E-state index in [1.807, 2.05) is 49.6 Å². The third-order valence-electron chi connectivity index (χ3n) is 5.94. The fourth-order valence-electron chi connectivity index (χ4n) is 4.24. The van der Waals surface area contributed by atoms with Gasteiger partial charge >= 0.3 is 0 Å². The predicted octanol–water partition coefficient (Wildman–Crippen LogP) is 5.41. The molecule has 0 atom stereocenters. The molecule has 1 aliphatic carbocycles. The number of aryl methyl sites for hydroxylation is 4. The zero-order chi connectivity index (χ0) is 22.9. The normalized spacial score (nSPS) is 13.3. The molecule has 3 aromatic heterocycles. The van der Waals surface area contributed by atoms with E-state index < -0.39 is 0 Å². The lowest BCUT2D eigenvalue weighted by Gasteiger charge is -2.16. The lowest BCUT2D eigenvalue weighted by molar-refractivity contribution is -0.118. The number of thioether (sulfide) groups is 1. The van der Waals surface area contributed by atoms with E-state index in [4.69, 9.17) is 4.98 Å². The number of benzene rings is 1. The van der Waals surface area contributed by atoms with Gasteiger partial charge in [0.2, 0.25) is 5.91 Å². The maximum atomic E-state index is 13.9. The minimum Gasteiger partial charge on any atom is -0.350 e. The largest absolute Gasteiger partial charge is 0.350 e. The number of nitrogens with zero attached hydrogens (tertiary/aromatic N) is 2. The maximum absolute atomic E-state index is 13.9. The number of nitrogens with one attached hydrogen (secondary N) is 1. The molecule has 0 saturated heterocycles. The van der Waals surface area contributed by atoms with Gasteiger partial charge in [0.1, 0.15) is 4.83 Å². The number of rotatable bonds is 6. The van der Waals surface area contributed by atoms with Crippen LogP contribution in [0.5, 0.6) is 0 Å². The van der Waals surface area contributed by atoms with E-state index in [2.05, 4.69) is 5.32 Å². The highest BCUT2D eigenvalue weighted by molar-refractivity contribution is 7.99. The number of fused-ring (bicyclic) bond motifs is 3. The fourth-order valence-corrected chi connectivity index (χ4v) is 7.02. The van der Waals surface area contributed by atoms with Crippen LogP contribution in [0.4, 0.5) is 0 Å². The summed E-state index contributed by atoms with van der Waals surface area (Å²) in [7, 11) is 0. The van der Waals surface area contributed by atoms with Gasteiger partial charge in [-0.25, -0.2) is 4.98 Å². The van der Waals surface area contributed by atoms with Crippen LogP contribution in [0.2, 0.25) is 0 Å². The number of hydrogen-bond donors (Lipinski definition) is 1. The molecule has 1 N–H and O–H groups in total. The van der Waals surface area contributed by atoms with Gasteiger partial charge in [-0.2, -0.15) is 0 Å². The first-order valence-electron chi connectivity index (χ1n) is 11.1. The van der Waals surface area contributed by atoms with Crippen molar-refractivity contribution in [3.8, 4) is 5.69 Å². The first-order valence-corrected chi connectivity index (χ1v) is 13.8. The molecule has 5 rings (SSSR count). The Labute approximate surface area is 204 Å². The highest BCUT2D eigenvalue weighted by Gasteiger charge is 2.23. The molecule has 170 valence electrons. The van der Waals surface area contributed by atoms with Crippen molar-refractivity contribution >= 4 is 50.6 Å². The zero-order valence-electron chi connectivity index (χ0n) is 18.6. The number of thiophene rings is 2. The Bertz CT molecular complexity index is 1390. The maximum Gasteiger partial charge on any atom is 0.267 e. The number of amides is 1. The van der Waals surface area contributed by atoms with Crippen LogP contribution >= 0.6 is 34.4 Å². The van der Waals surface area contributed by atoms with Crippen molar-refractivity contribution in [2.24, 2.45) is 0 Å². The van der Waals surface area contributed by atoms with E-state index in [-0.39, 0.29) is 17.2 Å². The summed E-state index contributed by atoms with van der Waals surface area (Å²) in [5, 5.41) is 6.30. The van der Waals surface area contributed by atoms with Gasteiger partial charge in [-0.05, 0) is 73.7 Å². The summed E-state index contributed by atoms with van der Waals surface area (Å²) in [6, 6.07) is 10.1. The molecule has 1 aromatic carbocycles. The Balaban J connectivity index is 1.54. The molecule has 0 bridgehead atoms. The summed E-state index contributed by atoms with van der Waals surface area (Å²) in [6.07, 6.45) is 4.24. The van der Waals surface area contributed by atoms with E-state index >= 15 is 0 Å². The van der Waals surface area contributed by atoms with Crippen molar-refractivity contribution in [2.75, 3.05) is 5.75 Å². The van der Waals surface area contributed by atoms with Gasteiger partial charge in [-0.15, -0.1) is 22.7 Å². The quantitative estimate of drug-likeness (QED) is 0.287. The lowest BCUT2D eigenvalue weighted by atomic mass is 9.97. The third kappa shape index (κ3) is 4.52. The Kier molecular flexibility index (Phi) is 6.40. The molecular formula is C25H25N3O2S3. The van der Waals surface area contributed by atoms with Gasteiger partial charge in [0.05, 0.1) is 23.4 Å². The average Bonchev–Trinajstić information content (AvgIpc) is 3.45. The molecule has 4 aromatic rings. The van der Waals surface area contributed by atoms with Crippen molar-refractivity contribution < 1.29 is 4.79 Å². The Morgan fingerprint density at radius 2 is 2.06 bits per heavy atom. The molecule has 0 spiro atoms. The van der Waals surface area contributed by atoms with Crippen molar-refractivity contribution in [1.29, 1.82) is 0 Å². The topological polar surface area (TPSA) is 64.0 Å². The number of carbonyl (C=O) groups excluding carboxylic acids is 1. The Morgan fingerprint density at radius 1 is 1.21 bits per heavy atom. The monoisotopic (exact) mass is 495 g/mol. The van der Waals surface area contributed by atoms with Crippen LogP contribution in [0, 0.1) is 13.8 Å². The predicted molar refractivity (Wildman–Crippen MR) is 138 cm³/mol. The molecule has 8 heteroatoms. The molecule has 0 aliphatic heterocycles. The van der Waals surface area contributed by atoms with Crippen molar-refractivity contribution in [1.82, 2.24) is 14.9 Å². The highest BCUT2D eigenvalue weighted by Crippen LogP contribution is 2.35. The van der Waals surface area contributed by atoms with Crippen LogP contribution in [-0.2, 0) is 24.2 Å². The summed E-state index contributed by atoms with van der Waals surface area (Å²) in [6.45, 7) is 4.55. The van der Waals surface area contributed by atoms with Gasteiger partial charge in [0, 0.05) is 9.75 Å². The molecule has 0 saturated carbocycles. The highest BCUT2D eigenvalue weighted by atomic mass is 32.2. The van der Waals surface area contributed by atoms with Crippen LogP contribution in [0.15, 0.2) is 45.7 Å². The van der Waals surface area contributed by atoms with Crippen molar-refractivity contribution in [3.63, 3.8) is 0 Å². The fraction of sp³-hybridized carbons (Fsp3) is 0.320. The van der Waals surface area contributed by atoms with Gasteiger partial charge in [0.25, 0.3) is 5.56 Å². The second-order valence-corrected chi connectivity index (χ2v) is 11.4. The van der Waals surface area contributed by atoms with Gasteiger partial charge in [0.15, 0.2) is 5.16 Å². The minimum absolute atomic E-state index is 0.0189. The van der Waals surface area contributed by atoms with Crippen molar-refractivity contribution in [2.45, 2.75) is 51.2 Å². The molecule has 5 nitrogen and oxygen atoms in total. The number of aromatic nitrogens is 2. The Morgan fingerprint density at radius 3 is 2.88 bits per heavy atom. The van der Waals surface area contributed by atoms with Gasteiger partial charge in [-0.3, -0.25) is 14.2 Å². The van der Waals surface area contributed by atoms with Crippen LogP contribution in [0.1, 0.15) is 39.3 Å². The summed E-state index contributed by atoms with van der Waals surface area (Å²) in [5.74, 6) is 0.139. The Hall–Kier alpha value is -2.42. The van der Waals surface area contributed by atoms with E-state index in [0.717, 1.165) is 57.6 Å². The van der Waals surface area contributed by atoms with Crippen LogP contribution in [-0.4, -0.2) is 21.2 Å². The summed E-state index contributed by atoms with van der Waals surface area (Å²) in [4.78, 5) is 34.6. The van der Waals surface area contributed by atoms with Gasteiger partial charge < -0.3 is 5.32 Å². The van der Waals surface area contributed by atoms with Crippen LogP contribution in [0.25, 0.3) is 15.9 Å². The summed E-state index contributed by atoms with van der Waals surface area (Å²) in [5.41, 5.74) is 4.10. The van der Waals surface area contributed by atoms with E-state index in [1.165, 1.54) is 22.2 Å². The van der Waals surface area contributed by atoms with E-state index in [9.17, 15) is 9.59 Å². The molecule has 0 fully saturated rings. The molecular weight excluding hydrogens is 470 g/mol. The molecule has 0 unspecified atom stereocenters. The van der Waals surface area contributed by atoms with E-state index in [0.29, 0.717) is 11.7 Å². The molecule has 0 radical (unpaired) electrons. The van der Waals surface area contributed by atoms with Crippen LogP contribution in [0.3, 0.4) is 0 Å².